The van der Waals surface area contributed by atoms with Crippen molar-refractivity contribution in [3.8, 4) is 0 Å². The largest absolute Gasteiger partial charge is 0.348 e. The second-order valence-corrected chi connectivity index (χ2v) is 7.37. The quantitative estimate of drug-likeness (QED) is 0.785. The number of carbonyl (C=O) groups excluding carboxylic acids is 1. The Morgan fingerprint density at radius 3 is 2.60 bits per heavy atom. The monoisotopic (exact) mass is 320 g/mol. The Morgan fingerprint density at radius 2 is 2.10 bits per heavy atom. The first-order valence-electron chi connectivity index (χ1n) is 6.75. The molecule has 0 aromatic carbocycles. The summed E-state index contributed by atoms with van der Waals surface area (Å²) < 4.78 is 24.2. The van der Waals surface area contributed by atoms with Crippen LogP contribution in [0.3, 0.4) is 0 Å². The van der Waals surface area contributed by atoms with E-state index in [2.05, 4.69) is 12.2 Å². The number of aromatic nitrogens is 1. The number of hydrogen-bond donors (Lipinski definition) is 1. The number of carbonyl (C=O) groups is 1. The molecular formula is C13H21ClN2O3S. The lowest BCUT2D eigenvalue weighted by Crippen LogP contribution is -2.33. The molecule has 1 N–H and O–H groups in total. The Bertz CT molecular complexity index is 566. The van der Waals surface area contributed by atoms with E-state index in [1.165, 1.54) is 12.3 Å². The van der Waals surface area contributed by atoms with Gasteiger partial charge in [0.15, 0.2) is 0 Å². The summed E-state index contributed by atoms with van der Waals surface area (Å²) in [6.07, 6.45) is 4.39. The predicted octanol–water partition coefficient (Wildman–Crippen LogP) is 2.74. The molecule has 0 fully saturated rings. The van der Waals surface area contributed by atoms with Crippen LogP contribution in [0.2, 0.25) is 0 Å². The van der Waals surface area contributed by atoms with Gasteiger partial charge in [0, 0.05) is 29.5 Å². The molecule has 0 saturated carbocycles. The van der Waals surface area contributed by atoms with Crippen molar-refractivity contribution in [3.63, 3.8) is 0 Å². The van der Waals surface area contributed by atoms with E-state index >= 15 is 0 Å². The third kappa shape index (κ3) is 4.52. The Balaban J connectivity index is 2.90. The van der Waals surface area contributed by atoms with Crippen LogP contribution < -0.4 is 5.32 Å². The Hall–Kier alpha value is -1.01. The van der Waals surface area contributed by atoms with Crippen molar-refractivity contribution >= 4 is 25.6 Å². The maximum absolute atomic E-state index is 12.2. The minimum absolute atomic E-state index is 0.0487. The zero-order valence-corrected chi connectivity index (χ0v) is 13.6. The van der Waals surface area contributed by atoms with Gasteiger partial charge in [-0.3, -0.25) is 4.79 Å². The summed E-state index contributed by atoms with van der Waals surface area (Å²) in [6.45, 7) is 6.36. The third-order valence-corrected chi connectivity index (χ3v) is 4.42. The van der Waals surface area contributed by atoms with Crippen molar-refractivity contribution in [2.75, 3.05) is 0 Å². The van der Waals surface area contributed by atoms with Crippen molar-refractivity contribution in [1.29, 1.82) is 0 Å². The summed E-state index contributed by atoms with van der Waals surface area (Å²) in [5, 5.41) is 2.87. The second-order valence-electron chi connectivity index (χ2n) is 4.80. The van der Waals surface area contributed by atoms with Crippen LogP contribution in [-0.2, 0) is 15.6 Å². The van der Waals surface area contributed by atoms with Gasteiger partial charge >= 0.3 is 0 Å². The highest BCUT2D eigenvalue weighted by Crippen LogP contribution is 2.19. The van der Waals surface area contributed by atoms with Gasteiger partial charge in [0.25, 0.3) is 15.0 Å². The van der Waals surface area contributed by atoms with E-state index < -0.39 is 9.05 Å². The first kappa shape index (κ1) is 17.0. The normalized spacial score (nSPS) is 13.2. The highest BCUT2D eigenvalue weighted by Gasteiger charge is 2.20. The van der Waals surface area contributed by atoms with Gasteiger partial charge < -0.3 is 9.88 Å². The highest BCUT2D eigenvalue weighted by molar-refractivity contribution is 8.13. The fraction of sp³-hybridized carbons (Fsp3) is 0.615. The van der Waals surface area contributed by atoms with Gasteiger partial charge in [-0.2, -0.15) is 0 Å². The molecule has 0 aliphatic carbocycles. The summed E-state index contributed by atoms with van der Waals surface area (Å²) in [5.74, 6) is -0.276. The number of nitrogens with zero attached hydrogens (tertiary/aromatic N) is 1. The average molecular weight is 321 g/mol. The van der Waals surface area contributed by atoms with Crippen LogP contribution in [0.4, 0.5) is 0 Å². The number of unbranched alkanes of at least 4 members (excludes halogenated alkanes) is 1. The minimum atomic E-state index is -3.82. The molecule has 1 aromatic heterocycles. The topological polar surface area (TPSA) is 68.2 Å². The molecule has 1 aromatic rings. The van der Waals surface area contributed by atoms with Gasteiger partial charge in [-0.15, -0.1) is 0 Å². The van der Waals surface area contributed by atoms with E-state index in [9.17, 15) is 13.2 Å². The third-order valence-electron chi connectivity index (χ3n) is 3.09. The molecule has 1 amide bonds. The second kappa shape index (κ2) is 7.13. The predicted molar refractivity (Wildman–Crippen MR) is 79.6 cm³/mol. The van der Waals surface area contributed by atoms with Crippen molar-refractivity contribution in [2.24, 2.45) is 0 Å². The molecule has 1 rings (SSSR count). The fourth-order valence-corrected chi connectivity index (χ4v) is 2.71. The van der Waals surface area contributed by atoms with Crippen molar-refractivity contribution in [2.45, 2.75) is 57.5 Å². The molecule has 0 saturated heterocycles. The van der Waals surface area contributed by atoms with Crippen LogP contribution in [0.15, 0.2) is 17.2 Å². The number of hydrogen-bond acceptors (Lipinski definition) is 3. The van der Waals surface area contributed by atoms with E-state index in [0.29, 0.717) is 12.2 Å². The van der Waals surface area contributed by atoms with E-state index in [-0.39, 0.29) is 16.8 Å². The van der Waals surface area contributed by atoms with E-state index in [1.54, 1.807) is 4.57 Å². The first-order chi connectivity index (χ1) is 9.29. The molecule has 7 heteroatoms. The van der Waals surface area contributed by atoms with Crippen LogP contribution in [-0.4, -0.2) is 24.9 Å². The Labute approximate surface area is 124 Å². The van der Waals surface area contributed by atoms with Gasteiger partial charge in [-0.05, 0) is 26.3 Å². The van der Waals surface area contributed by atoms with E-state index in [4.69, 9.17) is 10.7 Å². The molecule has 0 bridgehead atoms. The van der Waals surface area contributed by atoms with Crippen molar-refractivity contribution < 1.29 is 13.2 Å². The Morgan fingerprint density at radius 1 is 1.45 bits per heavy atom. The molecule has 0 radical (unpaired) electrons. The maximum atomic E-state index is 12.2. The lowest BCUT2D eigenvalue weighted by molar-refractivity contribution is 0.0928. The smallest absolute Gasteiger partial charge is 0.268 e. The lowest BCUT2D eigenvalue weighted by atomic mass is 10.1. The number of aryl methyl sites for hydroxylation is 1. The summed E-state index contributed by atoms with van der Waals surface area (Å²) in [7, 11) is 1.49. The van der Waals surface area contributed by atoms with Crippen LogP contribution in [0, 0.1) is 0 Å². The maximum Gasteiger partial charge on any atom is 0.268 e. The number of halogens is 1. The zero-order valence-electron chi connectivity index (χ0n) is 12.0. The molecule has 0 aliphatic rings. The van der Waals surface area contributed by atoms with Crippen LogP contribution in [0.1, 0.15) is 50.5 Å². The molecular weight excluding hydrogens is 300 g/mol. The van der Waals surface area contributed by atoms with E-state index in [0.717, 1.165) is 19.3 Å². The summed E-state index contributed by atoms with van der Waals surface area (Å²) in [6, 6.07) is 1.37. The fourth-order valence-electron chi connectivity index (χ4n) is 1.95. The van der Waals surface area contributed by atoms with Gasteiger partial charge in [-0.1, -0.05) is 19.8 Å². The Kier molecular flexibility index (Phi) is 6.07. The van der Waals surface area contributed by atoms with E-state index in [1.807, 2.05) is 13.8 Å². The SMILES string of the molecule is CCCCC(C)NC(=O)c1cc(S(=O)(=O)Cl)cn1CC. The van der Waals surface area contributed by atoms with Crippen molar-refractivity contribution in [3.05, 3.63) is 18.0 Å². The molecule has 0 spiro atoms. The van der Waals surface area contributed by atoms with Gasteiger partial charge in [0.2, 0.25) is 0 Å². The molecule has 114 valence electrons. The average Bonchev–Trinajstić information content (AvgIpc) is 2.80. The number of nitrogens with one attached hydrogen (secondary N) is 1. The summed E-state index contributed by atoms with van der Waals surface area (Å²) in [5.41, 5.74) is 0.315. The molecule has 1 heterocycles. The first-order valence-corrected chi connectivity index (χ1v) is 9.06. The summed E-state index contributed by atoms with van der Waals surface area (Å²) in [4.78, 5) is 12.1. The van der Waals surface area contributed by atoms with Crippen molar-refractivity contribution in [1.82, 2.24) is 9.88 Å². The van der Waals surface area contributed by atoms with Gasteiger partial charge in [-0.25, -0.2) is 8.42 Å². The van der Waals surface area contributed by atoms with Gasteiger partial charge in [0.05, 0.1) is 0 Å². The summed E-state index contributed by atoms with van der Waals surface area (Å²) >= 11 is 0. The highest BCUT2D eigenvalue weighted by atomic mass is 35.7. The van der Waals surface area contributed by atoms with Crippen LogP contribution in [0.25, 0.3) is 0 Å². The molecule has 1 atom stereocenters. The lowest BCUT2D eigenvalue weighted by Gasteiger charge is -2.14. The van der Waals surface area contributed by atoms with Gasteiger partial charge in [0.1, 0.15) is 10.6 Å². The minimum Gasteiger partial charge on any atom is -0.348 e. The molecule has 0 aliphatic heterocycles. The zero-order chi connectivity index (χ0) is 15.3. The number of amides is 1. The van der Waals surface area contributed by atoms with Crippen LogP contribution in [0.5, 0.6) is 0 Å². The molecule has 5 nitrogen and oxygen atoms in total. The number of rotatable bonds is 7. The standard InChI is InChI=1S/C13H21ClN2O3S/c1-4-6-7-10(3)15-13(17)12-8-11(20(14,18)19)9-16(12)5-2/h8-10H,4-7H2,1-3H3,(H,15,17). The molecule has 20 heavy (non-hydrogen) atoms. The van der Waals surface area contributed by atoms with Crippen LogP contribution >= 0.6 is 10.7 Å². The molecule has 1 unspecified atom stereocenters.